The lowest BCUT2D eigenvalue weighted by atomic mass is 10.2. The Kier molecular flexibility index (Phi) is 5.42. The van der Waals surface area contributed by atoms with Crippen LogP contribution < -0.4 is 10.1 Å². The Morgan fingerprint density at radius 2 is 2.10 bits per heavy atom. The number of nitrogens with zero attached hydrogens (tertiary/aromatic N) is 2. The second kappa shape index (κ2) is 6.83. The fraction of sp³-hybridized carbons (Fsp3) is 0.538. The number of aromatic nitrogens is 1. The second-order valence-corrected chi connectivity index (χ2v) is 4.93. The molecule has 0 aromatic carbocycles. The molecule has 20 heavy (non-hydrogen) atoms. The largest absolute Gasteiger partial charge is 0.473 e. The summed E-state index contributed by atoms with van der Waals surface area (Å²) in [6.07, 6.45) is -0.822. The number of nitrogens with one attached hydrogen (secondary N) is 1. The highest BCUT2D eigenvalue weighted by molar-refractivity contribution is 5.80. The maximum absolute atomic E-state index is 11.8. The van der Waals surface area contributed by atoms with Gasteiger partial charge in [0.15, 0.2) is 6.10 Å². The molecule has 1 atom stereocenters. The average molecular weight is 281 g/mol. The molecule has 1 heterocycles. The van der Waals surface area contributed by atoms with Crippen molar-refractivity contribution >= 4 is 11.7 Å². The summed E-state index contributed by atoms with van der Waals surface area (Å²) in [4.78, 5) is 25.9. The molecule has 0 saturated carbocycles. The van der Waals surface area contributed by atoms with Crippen LogP contribution in [-0.2, 0) is 4.79 Å². The first-order chi connectivity index (χ1) is 9.31. The number of carbonyl (C=O) groups is 1. The van der Waals surface area contributed by atoms with Gasteiger partial charge < -0.3 is 20.2 Å². The van der Waals surface area contributed by atoms with Crippen LogP contribution in [0.1, 0.15) is 26.5 Å². The van der Waals surface area contributed by atoms with E-state index in [1.807, 2.05) is 13.8 Å². The Morgan fingerprint density at radius 3 is 2.65 bits per heavy atom. The molecule has 7 nitrogen and oxygen atoms in total. The van der Waals surface area contributed by atoms with Crippen molar-refractivity contribution in [3.05, 3.63) is 27.9 Å². The van der Waals surface area contributed by atoms with Crippen LogP contribution in [0, 0.1) is 23.0 Å². The van der Waals surface area contributed by atoms with E-state index >= 15 is 0 Å². The monoisotopic (exact) mass is 281 g/mol. The first-order valence-electron chi connectivity index (χ1n) is 6.37. The smallest absolute Gasteiger partial charge is 0.406 e. The van der Waals surface area contributed by atoms with Gasteiger partial charge in [0.25, 0.3) is 5.91 Å². The molecular formula is C13H19N3O4. The first kappa shape index (κ1) is 15.9. The van der Waals surface area contributed by atoms with Gasteiger partial charge in [-0.05, 0) is 34.9 Å². The van der Waals surface area contributed by atoms with E-state index in [9.17, 15) is 14.9 Å². The summed E-state index contributed by atoms with van der Waals surface area (Å²) in [7, 11) is 0. The maximum Gasteiger partial charge on any atom is 0.406 e. The third kappa shape index (κ3) is 4.49. The number of pyridine rings is 1. The van der Waals surface area contributed by atoms with E-state index in [0.29, 0.717) is 18.2 Å². The summed E-state index contributed by atoms with van der Waals surface area (Å²) in [6, 6.07) is 3.05. The molecule has 110 valence electrons. The molecule has 0 aliphatic heterocycles. The van der Waals surface area contributed by atoms with Crippen molar-refractivity contribution in [3.8, 4) is 5.75 Å². The fourth-order valence-corrected chi connectivity index (χ4v) is 1.45. The number of nitro groups is 1. The zero-order valence-corrected chi connectivity index (χ0v) is 12.0. The molecule has 7 heteroatoms. The summed E-state index contributed by atoms with van der Waals surface area (Å²) < 4.78 is 5.34. The molecule has 1 amide bonds. The molecule has 1 aromatic rings. The lowest BCUT2D eigenvalue weighted by Crippen LogP contribution is -2.38. The van der Waals surface area contributed by atoms with Crippen LogP contribution in [0.5, 0.6) is 5.75 Å². The van der Waals surface area contributed by atoms with E-state index in [4.69, 9.17) is 4.74 Å². The van der Waals surface area contributed by atoms with Gasteiger partial charge in [0.2, 0.25) is 5.75 Å². The van der Waals surface area contributed by atoms with Crippen LogP contribution in [0.2, 0.25) is 0 Å². The van der Waals surface area contributed by atoms with Crippen LogP contribution in [0.15, 0.2) is 12.1 Å². The van der Waals surface area contributed by atoms with E-state index in [2.05, 4.69) is 10.3 Å². The number of aryl methyl sites for hydroxylation is 1. The van der Waals surface area contributed by atoms with Gasteiger partial charge in [-0.15, -0.1) is 0 Å². The van der Waals surface area contributed by atoms with Gasteiger partial charge in [0.05, 0.1) is 0 Å². The van der Waals surface area contributed by atoms with Crippen molar-refractivity contribution in [1.29, 1.82) is 0 Å². The highest BCUT2D eigenvalue weighted by Gasteiger charge is 2.22. The van der Waals surface area contributed by atoms with E-state index < -0.39 is 11.0 Å². The Bertz CT molecular complexity index is 502. The van der Waals surface area contributed by atoms with Crippen LogP contribution in [0.25, 0.3) is 0 Å². The molecule has 0 saturated heterocycles. The molecule has 0 unspecified atom stereocenters. The highest BCUT2D eigenvalue weighted by Crippen LogP contribution is 2.25. The van der Waals surface area contributed by atoms with E-state index in [1.165, 1.54) is 6.07 Å². The molecule has 0 aliphatic rings. The van der Waals surface area contributed by atoms with E-state index in [1.54, 1.807) is 19.9 Å². The minimum Gasteiger partial charge on any atom is -0.473 e. The number of hydrogen-bond acceptors (Lipinski definition) is 5. The molecule has 0 bridgehead atoms. The van der Waals surface area contributed by atoms with Gasteiger partial charge in [0.1, 0.15) is 5.69 Å². The minimum absolute atomic E-state index is 0.00667. The number of hydrogen-bond donors (Lipinski definition) is 1. The fourth-order valence-electron chi connectivity index (χ4n) is 1.45. The molecule has 0 fully saturated rings. The summed E-state index contributed by atoms with van der Waals surface area (Å²) in [5, 5.41) is 13.6. The summed E-state index contributed by atoms with van der Waals surface area (Å²) in [5.74, 6) is -0.378. The normalized spacial score (nSPS) is 12.1. The summed E-state index contributed by atoms with van der Waals surface area (Å²) >= 11 is 0. The standard InChI is InChI=1S/C13H19N3O4/c1-8(2)7-14-13(17)10(4)20-11-6-5-9(3)15-12(11)16(18)19/h5-6,8,10H,7H2,1-4H3,(H,14,17)/t10-/m1/s1. The Labute approximate surface area is 117 Å². The number of carbonyl (C=O) groups excluding carboxylic acids is 1. The lowest BCUT2D eigenvalue weighted by Gasteiger charge is -2.15. The lowest BCUT2D eigenvalue weighted by molar-refractivity contribution is -0.390. The van der Waals surface area contributed by atoms with E-state index in [0.717, 1.165) is 0 Å². The zero-order chi connectivity index (χ0) is 15.3. The second-order valence-electron chi connectivity index (χ2n) is 4.93. The van der Waals surface area contributed by atoms with Crippen molar-refractivity contribution in [3.63, 3.8) is 0 Å². The first-order valence-corrected chi connectivity index (χ1v) is 6.37. The van der Waals surface area contributed by atoms with Gasteiger partial charge in [-0.25, -0.2) is 0 Å². The molecule has 1 aromatic heterocycles. The predicted molar refractivity (Wildman–Crippen MR) is 73.6 cm³/mol. The van der Waals surface area contributed by atoms with Crippen LogP contribution in [0.3, 0.4) is 0 Å². The van der Waals surface area contributed by atoms with Crippen molar-refractivity contribution in [2.75, 3.05) is 6.54 Å². The molecule has 0 radical (unpaired) electrons. The van der Waals surface area contributed by atoms with Crippen LogP contribution in [0.4, 0.5) is 5.82 Å². The van der Waals surface area contributed by atoms with E-state index in [-0.39, 0.29) is 17.5 Å². The topological polar surface area (TPSA) is 94.4 Å². The Hall–Kier alpha value is -2.18. The van der Waals surface area contributed by atoms with Crippen LogP contribution in [-0.4, -0.2) is 28.5 Å². The number of ether oxygens (including phenoxy) is 1. The van der Waals surface area contributed by atoms with Gasteiger partial charge in [0, 0.05) is 13.5 Å². The van der Waals surface area contributed by atoms with Crippen LogP contribution >= 0.6 is 0 Å². The summed E-state index contributed by atoms with van der Waals surface area (Å²) in [5.41, 5.74) is 0.515. The highest BCUT2D eigenvalue weighted by atomic mass is 16.6. The zero-order valence-electron chi connectivity index (χ0n) is 12.0. The van der Waals surface area contributed by atoms with Crippen molar-refractivity contribution in [2.24, 2.45) is 5.92 Å². The minimum atomic E-state index is -0.822. The molecule has 1 N–H and O–H groups in total. The van der Waals surface area contributed by atoms with Crippen molar-refractivity contribution in [2.45, 2.75) is 33.8 Å². The van der Waals surface area contributed by atoms with Crippen molar-refractivity contribution in [1.82, 2.24) is 10.3 Å². The SMILES string of the molecule is Cc1ccc(O[C@H](C)C(=O)NCC(C)C)c([N+](=O)[O-])n1. The maximum atomic E-state index is 11.8. The number of rotatable bonds is 6. The molecule has 0 aliphatic carbocycles. The third-order valence-corrected chi connectivity index (χ3v) is 2.51. The Balaban J connectivity index is 2.77. The average Bonchev–Trinajstić information content (AvgIpc) is 2.37. The predicted octanol–water partition coefficient (Wildman–Crippen LogP) is 1.84. The quantitative estimate of drug-likeness (QED) is 0.634. The van der Waals surface area contributed by atoms with Gasteiger partial charge in [-0.1, -0.05) is 13.8 Å². The molecular weight excluding hydrogens is 262 g/mol. The van der Waals surface area contributed by atoms with Gasteiger partial charge in [-0.3, -0.25) is 4.79 Å². The molecule has 0 spiro atoms. The number of amides is 1. The van der Waals surface area contributed by atoms with Crippen molar-refractivity contribution < 1.29 is 14.5 Å². The Morgan fingerprint density at radius 1 is 1.45 bits per heavy atom. The van der Waals surface area contributed by atoms with Gasteiger partial charge in [-0.2, -0.15) is 0 Å². The summed E-state index contributed by atoms with van der Waals surface area (Å²) in [6.45, 7) is 7.66. The van der Waals surface area contributed by atoms with Gasteiger partial charge >= 0.3 is 5.82 Å². The molecule has 1 rings (SSSR count). The third-order valence-electron chi connectivity index (χ3n) is 2.51.